The van der Waals surface area contributed by atoms with Crippen LogP contribution >= 0.6 is 11.6 Å². The minimum absolute atomic E-state index is 0.102. The highest BCUT2D eigenvalue weighted by atomic mass is 35.5. The molecule has 1 aromatic carbocycles. The molecule has 0 aliphatic carbocycles. The molecule has 1 fully saturated rings. The maximum atomic E-state index is 12.2. The molecule has 2 heterocycles. The van der Waals surface area contributed by atoms with Crippen molar-refractivity contribution < 1.29 is 4.79 Å². The Morgan fingerprint density at radius 1 is 1.27 bits per heavy atom. The molecule has 1 amide bonds. The first-order valence-corrected chi connectivity index (χ1v) is 7.69. The van der Waals surface area contributed by atoms with Gasteiger partial charge in [0.15, 0.2) is 0 Å². The number of piperidine rings is 1. The van der Waals surface area contributed by atoms with Gasteiger partial charge in [-0.15, -0.1) is 0 Å². The summed E-state index contributed by atoms with van der Waals surface area (Å²) >= 11 is 6.26. The predicted molar refractivity (Wildman–Crippen MR) is 86.2 cm³/mol. The second-order valence-corrected chi connectivity index (χ2v) is 5.75. The number of para-hydroxylation sites is 1. The van der Waals surface area contributed by atoms with E-state index in [-0.39, 0.29) is 11.9 Å². The Balaban J connectivity index is 1.66. The standard InChI is InChI=1S/C16H17ClN4O/c17-14-5-1-2-6-15(14)21-9-3-4-13(11-21)20-16(22)12-7-8-18-19-10-12/h1-2,5-8,10,13H,3-4,9,11H2,(H,20,22). The molecular weight excluding hydrogens is 300 g/mol. The molecular formula is C16H17ClN4O. The van der Waals surface area contributed by atoms with Crippen LogP contribution in [0.25, 0.3) is 0 Å². The van der Waals surface area contributed by atoms with E-state index in [0.717, 1.165) is 36.6 Å². The summed E-state index contributed by atoms with van der Waals surface area (Å²) in [5, 5.41) is 11.2. The first-order valence-electron chi connectivity index (χ1n) is 7.31. The van der Waals surface area contributed by atoms with Crippen LogP contribution < -0.4 is 10.2 Å². The van der Waals surface area contributed by atoms with E-state index in [1.54, 1.807) is 6.07 Å². The number of hydrogen-bond acceptors (Lipinski definition) is 4. The number of carbonyl (C=O) groups excluding carboxylic acids is 1. The van der Waals surface area contributed by atoms with Crippen LogP contribution in [0.5, 0.6) is 0 Å². The van der Waals surface area contributed by atoms with E-state index in [1.807, 2.05) is 24.3 Å². The van der Waals surface area contributed by atoms with E-state index >= 15 is 0 Å². The van der Waals surface area contributed by atoms with Gasteiger partial charge in [-0.05, 0) is 31.0 Å². The number of amides is 1. The Morgan fingerprint density at radius 3 is 2.91 bits per heavy atom. The SMILES string of the molecule is O=C(NC1CCCN(c2ccccc2Cl)C1)c1ccnnc1. The molecule has 3 rings (SSSR count). The molecule has 2 aromatic rings. The topological polar surface area (TPSA) is 58.1 Å². The molecule has 1 aliphatic heterocycles. The maximum absolute atomic E-state index is 12.2. The van der Waals surface area contributed by atoms with Crippen molar-refractivity contribution in [3.63, 3.8) is 0 Å². The van der Waals surface area contributed by atoms with Crippen molar-refractivity contribution >= 4 is 23.2 Å². The average Bonchev–Trinajstić information content (AvgIpc) is 2.56. The molecule has 0 radical (unpaired) electrons. The molecule has 1 saturated heterocycles. The zero-order valence-electron chi connectivity index (χ0n) is 12.1. The monoisotopic (exact) mass is 316 g/mol. The van der Waals surface area contributed by atoms with Gasteiger partial charge in [0.25, 0.3) is 5.91 Å². The number of rotatable bonds is 3. The van der Waals surface area contributed by atoms with Gasteiger partial charge in [0.2, 0.25) is 0 Å². The predicted octanol–water partition coefficient (Wildman–Crippen LogP) is 2.53. The largest absolute Gasteiger partial charge is 0.368 e. The fourth-order valence-electron chi connectivity index (χ4n) is 2.72. The summed E-state index contributed by atoms with van der Waals surface area (Å²) in [5.74, 6) is -0.110. The molecule has 1 unspecified atom stereocenters. The van der Waals surface area contributed by atoms with Crippen molar-refractivity contribution in [2.45, 2.75) is 18.9 Å². The summed E-state index contributed by atoms with van der Waals surface area (Å²) in [4.78, 5) is 14.4. The third-order valence-corrected chi connectivity index (χ3v) is 4.12. The van der Waals surface area contributed by atoms with Gasteiger partial charge in [-0.25, -0.2) is 0 Å². The summed E-state index contributed by atoms with van der Waals surface area (Å²) in [7, 11) is 0. The fraction of sp³-hybridized carbons (Fsp3) is 0.312. The second-order valence-electron chi connectivity index (χ2n) is 5.34. The molecule has 1 aromatic heterocycles. The Morgan fingerprint density at radius 2 is 2.14 bits per heavy atom. The van der Waals surface area contributed by atoms with Gasteiger partial charge >= 0.3 is 0 Å². The lowest BCUT2D eigenvalue weighted by Crippen LogP contribution is -2.48. The molecule has 0 saturated carbocycles. The van der Waals surface area contributed by atoms with Gasteiger partial charge in [0, 0.05) is 19.1 Å². The lowest BCUT2D eigenvalue weighted by molar-refractivity contribution is 0.0932. The van der Waals surface area contributed by atoms with Crippen molar-refractivity contribution in [2.75, 3.05) is 18.0 Å². The Hall–Kier alpha value is -2.14. The molecule has 22 heavy (non-hydrogen) atoms. The molecule has 6 heteroatoms. The minimum Gasteiger partial charge on any atom is -0.368 e. The van der Waals surface area contributed by atoms with Gasteiger partial charge in [-0.2, -0.15) is 10.2 Å². The van der Waals surface area contributed by atoms with Gasteiger partial charge in [0.05, 0.1) is 28.7 Å². The van der Waals surface area contributed by atoms with E-state index in [2.05, 4.69) is 20.4 Å². The normalized spacial score (nSPS) is 18.0. The molecule has 1 atom stereocenters. The van der Waals surface area contributed by atoms with E-state index in [1.165, 1.54) is 12.4 Å². The summed E-state index contributed by atoms with van der Waals surface area (Å²) in [6.45, 7) is 1.71. The van der Waals surface area contributed by atoms with Crippen molar-refractivity contribution in [3.05, 3.63) is 53.3 Å². The van der Waals surface area contributed by atoms with Crippen LogP contribution in [-0.4, -0.2) is 35.2 Å². The summed E-state index contributed by atoms with van der Waals surface area (Å²) in [5.41, 5.74) is 1.55. The average molecular weight is 317 g/mol. The van der Waals surface area contributed by atoms with Crippen LogP contribution in [0, 0.1) is 0 Å². The summed E-state index contributed by atoms with van der Waals surface area (Å²) in [6, 6.07) is 9.57. The Bertz CT molecular complexity index is 650. The first kappa shape index (κ1) is 14.8. The number of halogens is 1. The van der Waals surface area contributed by atoms with Crippen LogP contribution in [0.2, 0.25) is 5.02 Å². The van der Waals surface area contributed by atoms with Crippen LogP contribution in [-0.2, 0) is 0 Å². The molecule has 1 N–H and O–H groups in total. The van der Waals surface area contributed by atoms with Crippen LogP contribution in [0.15, 0.2) is 42.7 Å². The first-order chi connectivity index (χ1) is 10.7. The minimum atomic E-state index is -0.110. The van der Waals surface area contributed by atoms with Gasteiger partial charge in [-0.3, -0.25) is 4.79 Å². The number of anilines is 1. The third-order valence-electron chi connectivity index (χ3n) is 3.80. The number of benzene rings is 1. The number of nitrogens with one attached hydrogen (secondary N) is 1. The molecule has 114 valence electrons. The van der Waals surface area contributed by atoms with Gasteiger partial charge < -0.3 is 10.2 Å². The number of carbonyl (C=O) groups is 1. The number of nitrogens with zero attached hydrogens (tertiary/aromatic N) is 3. The Labute approximate surface area is 134 Å². The van der Waals surface area contributed by atoms with Crippen LogP contribution in [0.1, 0.15) is 23.2 Å². The lowest BCUT2D eigenvalue weighted by Gasteiger charge is -2.35. The summed E-state index contributed by atoms with van der Waals surface area (Å²) < 4.78 is 0. The fourth-order valence-corrected chi connectivity index (χ4v) is 2.97. The summed E-state index contributed by atoms with van der Waals surface area (Å²) in [6.07, 6.45) is 4.98. The maximum Gasteiger partial charge on any atom is 0.253 e. The van der Waals surface area contributed by atoms with E-state index < -0.39 is 0 Å². The van der Waals surface area contributed by atoms with E-state index in [4.69, 9.17) is 11.6 Å². The van der Waals surface area contributed by atoms with Crippen molar-refractivity contribution in [2.24, 2.45) is 0 Å². The number of aromatic nitrogens is 2. The highest BCUT2D eigenvalue weighted by Gasteiger charge is 2.23. The number of hydrogen-bond donors (Lipinski definition) is 1. The molecule has 1 aliphatic rings. The van der Waals surface area contributed by atoms with Crippen molar-refractivity contribution in [1.82, 2.24) is 15.5 Å². The third kappa shape index (κ3) is 3.36. The second kappa shape index (κ2) is 6.75. The highest BCUT2D eigenvalue weighted by Crippen LogP contribution is 2.27. The van der Waals surface area contributed by atoms with Crippen molar-refractivity contribution in [3.8, 4) is 0 Å². The van der Waals surface area contributed by atoms with E-state index in [9.17, 15) is 4.79 Å². The lowest BCUT2D eigenvalue weighted by atomic mass is 10.0. The van der Waals surface area contributed by atoms with Gasteiger partial charge in [0.1, 0.15) is 0 Å². The van der Waals surface area contributed by atoms with Crippen LogP contribution in [0.4, 0.5) is 5.69 Å². The highest BCUT2D eigenvalue weighted by molar-refractivity contribution is 6.33. The zero-order chi connectivity index (χ0) is 15.4. The molecule has 0 bridgehead atoms. The van der Waals surface area contributed by atoms with Gasteiger partial charge in [-0.1, -0.05) is 23.7 Å². The zero-order valence-corrected chi connectivity index (χ0v) is 12.8. The quantitative estimate of drug-likeness (QED) is 0.945. The smallest absolute Gasteiger partial charge is 0.253 e. The Kier molecular flexibility index (Phi) is 4.53. The van der Waals surface area contributed by atoms with Crippen molar-refractivity contribution in [1.29, 1.82) is 0 Å². The molecule has 0 spiro atoms. The van der Waals surface area contributed by atoms with Crippen LogP contribution in [0.3, 0.4) is 0 Å². The molecule has 5 nitrogen and oxygen atoms in total. The van der Waals surface area contributed by atoms with E-state index in [0.29, 0.717) is 5.56 Å².